The van der Waals surface area contributed by atoms with Gasteiger partial charge in [-0.25, -0.2) is 4.57 Å². The number of carbonyl (C=O) groups is 1. The number of phosphoric ester groups is 1. The maximum absolute atomic E-state index is 12.2. The highest BCUT2D eigenvalue weighted by Crippen LogP contribution is 2.49. The molecule has 152 valence electrons. The fraction of sp³-hybridized carbons (Fsp3) is 0.944. The molecule has 0 aliphatic rings. The van der Waals surface area contributed by atoms with Crippen molar-refractivity contribution in [2.24, 2.45) is 0 Å². The molecule has 6 nitrogen and oxygen atoms in total. The number of hydrogen-bond acceptors (Lipinski definition) is 6. The molecule has 0 aromatic rings. The molecule has 0 fully saturated rings. The van der Waals surface area contributed by atoms with Crippen molar-refractivity contribution in [3.8, 4) is 0 Å². The molecular weight excluding hydrogens is 343 g/mol. The van der Waals surface area contributed by atoms with Crippen LogP contribution in [0.15, 0.2) is 0 Å². The van der Waals surface area contributed by atoms with Crippen LogP contribution in [0.1, 0.15) is 86.0 Å². The Labute approximate surface area is 154 Å². The highest BCUT2D eigenvalue weighted by molar-refractivity contribution is 7.48. The maximum Gasteiger partial charge on any atom is 0.474 e. The smallest absolute Gasteiger partial charge is 0.466 e. The van der Waals surface area contributed by atoms with Crippen molar-refractivity contribution in [2.75, 3.05) is 26.4 Å². The Morgan fingerprint density at radius 2 is 1.00 bits per heavy atom. The van der Waals surface area contributed by atoms with E-state index >= 15 is 0 Å². The quantitative estimate of drug-likeness (QED) is 0.200. The van der Waals surface area contributed by atoms with Gasteiger partial charge in [0, 0.05) is 6.92 Å². The minimum absolute atomic E-state index is 0.182. The molecule has 0 aliphatic heterocycles. The number of ether oxygens (including phenoxy) is 1. The van der Waals surface area contributed by atoms with Gasteiger partial charge in [0.25, 0.3) is 0 Å². The molecule has 0 aliphatic carbocycles. The Morgan fingerprint density at radius 1 is 0.680 bits per heavy atom. The monoisotopic (exact) mass is 382 g/mol. The molecule has 0 rings (SSSR count). The first kappa shape index (κ1) is 26.8. The molecule has 0 heterocycles. The highest BCUT2D eigenvalue weighted by Gasteiger charge is 2.25. The molecule has 7 heteroatoms. The lowest BCUT2D eigenvalue weighted by atomic mass is 10.4. The lowest BCUT2D eigenvalue weighted by Crippen LogP contribution is -2.03. The zero-order chi connectivity index (χ0) is 19.4. The second kappa shape index (κ2) is 19.9. The van der Waals surface area contributed by atoms with Crippen molar-refractivity contribution in [1.82, 2.24) is 0 Å². The summed E-state index contributed by atoms with van der Waals surface area (Å²) in [5.41, 5.74) is 0. The van der Waals surface area contributed by atoms with Crippen molar-refractivity contribution in [2.45, 2.75) is 86.0 Å². The molecule has 0 amide bonds. The molecule has 0 N–H and O–H groups in total. The van der Waals surface area contributed by atoms with Crippen LogP contribution in [0, 0.1) is 0 Å². The van der Waals surface area contributed by atoms with Crippen LogP contribution < -0.4 is 0 Å². The van der Waals surface area contributed by atoms with Gasteiger partial charge in [-0.2, -0.15) is 0 Å². The number of phosphoric acid groups is 1. The molecule has 0 radical (unpaired) electrons. The first-order valence-corrected chi connectivity index (χ1v) is 11.1. The lowest BCUT2D eigenvalue weighted by molar-refractivity contribution is -0.141. The number of unbranched alkanes of at least 4 members (excludes halogenated alkanes) is 4. The van der Waals surface area contributed by atoms with Gasteiger partial charge < -0.3 is 4.74 Å². The van der Waals surface area contributed by atoms with Gasteiger partial charge in [0.2, 0.25) is 0 Å². The van der Waals surface area contributed by atoms with Gasteiger partial charge in [-0.05, 0) is 25.7 Å². The van der Waals surface area contributed by atoms with E-state index < -0.39 is 7.82 Å². The largest absolute Gasteiger partial charge is 0.474 e. The summed E-state index contributed by atoms with van der Waals surface area (Å²) in [5, 5.41) is 0. The van der Waals surface area contributed by atoms with Crippen LogP contribution in [-0.4, -0.2) is 32.4 Å². The fourth-order valence-electron chi connectivity index (χ4n) is 1.43. The van der Waals surface area contributed by atoms with E-state index in [-0.39, 0.29) is 5.97 Å². The summed E-state index contributed by atoms with van der Waals surface area (Å²) < 4.78 is 32.6. The molecule has 0 saturated carbocycles. The lowest BCUT2D eigenvalue weighted by Gasteiger charge is -2.17. The van der Waals surface area contributed by atoms with Crippen molar-refractivity contribution in [1.29, 1.82) is 0 Å². The van der Waals surface area contributed by atoms with Crippen LogP contribution in [0.25, 0.3) is 0 Å². The maximum atomic E-state index is 12.2. The van der Waals surface area contributed by atoms with Gasteiger partial charge in [0.1, 0.15) is 0 Å². The number of rotatable bonds is 15. The van der Waals surface area contributed by atoms with Crippen molar-refractivity contribution >= 4 is 13.8 Å². The van der Waals surface area contributed by atoms with Crippen LogP contribution in [0.3, 0.4) is 0 Å². The molecule has 0 aromatic heterocycles. The van der Waals surface area contributed by atoms with Crippen LogP contribution in [0.4, 0.5) is 0 Å². The summed E-state index contributed by atoms with van der Waals surface area (Å²) in [6.45, 7) is 11.5. The van der Waals surface area contributed by atoms with E-state index in [1.165, 1.54) is 6.92 Å². The Bertz CT molecular complexity index is 302. The standard InChI is InChI=1S/C12H27O4P.C6H12O2/c1-4-7-10-14-17(13,15-11-8-5-2)16-12-9-6-3;1-3-4-5-8-6(2)7/h4-12H2,1-3H3;3-5H2,1-2H3. The Morgan fingerprint density at radius 3 is 1.28 bits per heavy atom. The second-order valence-corrected chi connectivity index (χ2v) is 7.37. The van der Waals surface area contributed by atoms with E-state index in [1.54, 1.807) is 0 Å². The first-order chi connectivity index (χ1) is 12.0. The van der Waals surface area contributed by atoms with Gasteiger partial charge in [-0.3, -0.25) is 18.4 Å². The van der Waals surface area contributed by atoms with Crippen molar-refractivity contribution in [3.05, 3.63) is 0 Å². The SMILES string of the molecule is CCCCOC(C)=O.CCCCOP(=O)(OCCCC)OCCCC. The Balaban J connectivity index is 0. The molecule has 25 heavy (non-hydrogen) atoms. The van der Waals surface area contributed by atoms with Crippen LogP contribution >= 0.6 is 7.82 Å². The number of esters is 1. The topological polar surface area (TPSA) is 71.1 Å². The summed E-state index contributed by atoms with van der Waals surface area (Å²) in [7, 11) is -3.31. The number of carbonyl (C=O) groups excluding carboxylic acids is 1. The third-order valence-corrected chi connectivity index (χ3v) is 4.54. The molecule has 0 atom stereocenters. The summed E-state index contributed by atoms with van der Waals surface area (Å²) in [6, 6.07) is 0. The molecule has 0 bridgehead atoms. The summed E-state index contributed by atoms with van der Waals surface area (Å²) in [6.07, 6.45) is 7.68. The van der Waals surface area contributed by atoms with E-state index in [1.807, 2.05) is 0 Å². The normalized spacial score (nSPS) is 10.9. The van der Waals surface area contributed by atoms with Crippen LogP contribution in [0.5, 0.6) is 0 Å². The molecule has 0 saturated heterocycles. The minimum atomic E-state index is -3.31. The summed E-state index contributed by atoms with van der Waals surface area (Å²) >= 11 is 0. The van der Waals surface area contributed by atoms with E-state index in [0.717, 1.165) is 51.4 Å². The molecular formula is C18H39O6P. The van der Waals surface area contributed by atoms with E-state index in [9.17, 15) is 9.36 Å². The fourth-order valence-corrected chi connectivity index (χ4v) is 2.72. The van der Waals surface area contributed by atoms with Gasteiger partial charge in [-0.15, -0.1) is 0 Å². The third-order valence-electron chi connectivity index (χ3n) is 3.05. The predicted octanol–water partition coefficient (Wildman–Crippen LogP) is 5.89. The van der Waals surface area contributed by atoms with Gasteiger partial charge >= 0.3 is 13.8 Å². The zero-order valence-corrected chi connectivity index (χ0v) is 17.8. The Hall–Kier alpha value is -0.420. The average molecular weight is 382 g/mol. The van der Waals surface area contributed by atoms with Crippen LogP contribution in [0.2, 0.25) is 0 Å². The van der Waals surface area contributed by atoms with Gasteiger partial charge in [0.15, 0.2) is 0 Å². The molecule has 0 aromatic carbocycles. The van der Waals surface area contributed by atoms with E-state index in [4.69, 9.17) is 13.6 Å². The van der Waals surface area contributed by atoms with Gasteiger partial charge in [-0.1, -0.05) is 53.4 Å². The highest BCUT2D eigenvalue weighted by atomic mass is 31.2. The van der Waals surface area contributed by atoms with Gasteiger partial charge in [0.05, 0.1) is 26.4 Å². The zero-order valence-electron chi connectivity index (χ0n) is 16.9. The van der Waals surface area contributed by atoms with E-state index in [2.05, 4.69) is 32.4 Å². The first-order valence-electron chi connectivity index (χ1n) is 9.62. The van der Waals surface area contributed by atoms with Crippen molar-refractivity contribution in [3.63, 3.8) is 0 Å². The number of hydrogen-bond donors (Lipinski definition) is 0. The Kier molecular flexibility index (Phi) is 21.3. The average Bonchev–Trinajstić information content (AvgIpc) is 2.56. The summed E-state index contributed by atoms with van der Waals surface area (Å²) in [5.74, 6) is -0.182. The molecule has 0 unspecified atom stereocenters. The van der Waals surface area contributed by atoms with Crippen LogP contribution in [-0.2, 0) is 27.7 Å². The minimum Gasteiger partial charge on any atom is -0.466 e. The van der Waals surface area contributed by atoms with E-state index in [0.29, 0.717) is 26.4 Å². The summed E-state index contributed by atoms with van der Waals surface area (Å²) in [4.78, 5) is 10.1. The molecule has 0 spiro atoms. The predicted molar refractivity (Wildman–Crippen MR) is 102 cm³/mol. The van der Waals surface area contributed by atoms with Crippen molar-refractivity contribution < 1.29 is 27.7 Å². The second-order valence-electron chi connectivity index (χ2n) is 5.70. The third kappa shape index (κ3) is 21.5.